The van der Waals surface area contributed by atoms with Crippen molar-refractivity contribution in [2.75, 3.05) is 0 Å². The molecule has 18 heavy (non-hydrogen) atoms. The van der Waals surface area contributed by atoms with E-state index in [4.69, 9.17) is 23.8 Å². The molecule has 0 spiro atoms. The lowest BCUT2D eigenvalue weighted by molar-refractivity contribution is 0.821. The molecule has 0 fully saturated rings. The zero-order valence-electron chi connectivity index (χ0n) is 9.67. The van der Waals surface area contributed by atoms with E-state index in [1.54, 1.807) is 6.92 Å². The van der Waals surface area contributed by atoms with Crippen molar-refractivity contribution < 1.29 is 0 Å². The molecule has 0 radical (unpaired) electrons. The lowest BCUT2D eigenvalue weighted by Gasteiger charge is -1.94. The quantitative estimate of drug-likeness (QED) is 0.691. The molecule has 0 amide bonds. The summed E-state index contributed by atoms with van der Waals surface area (Å²) in [5.74, 6) is 0.681. The molecule has 4 nitrogen and oxygen atoms in total. The van der Waals surface area contributed by atoms with Crippen molar-refractivity contribution in [1.29, 1.82) is 0 Å². The van der Waals surface area contributed by atoms with Gasteiger partial charge in [-0.25, -0.2) is 0 Å². The molecule has 0 bridgehead atoms. The van der Waals surface area contributed by atoms with Crippen molar-refractivity contribution in [1.82, 2.24) is 14.9 Å². The molecule has 0 saturated carbocycles. The van der Waals surface area contributed by atoms with Gasteiger partial charge >= 0.3 is 0 Å². The fourth-order valence-electron chi connectivity index (χ4n) is 1.37. The van der Waals surface area contributed by atoms with Crippen LogP contribution >= 0.6 is 23.8 Å². The summed E-state index contributed by atoms with van der Waals surface area (Å²) in [6.45, 7) is 1.80. The van der Waals surface area contributed by atoms with E-state index in [0.29, 0.717) is 15.6 Å². The van der Waals surface area contributed by atoms with Gasteiger partial charge in [0.25, 0.3) is 0 Å². The summed E-state index contributed by atoms with van der Waals surface area (Å²) in [5.41, 5.74) is 1.02. The number of allylic oxidation sites excluding steroid dienone is 1. The SMILES string of the molecule is Cc1n[nH]c(=S)n1/N=C\C(Cl)=C\c1ccccc1. The van der Waals surface area contributed by atoms with Gasteiger partial charge in [0.1, 0.15) is 5.82 Å². The maximum Gasteiger partial charge on any atom is 0.216 e. The number of aromatic amines is 1. The Labute approximate surface area is 115 Å². The molecule has 0 atom stereocenters. The molecule has 92 valence electrons. The molecule has 0 unspecified atom stereocenters. The molecule has 6 heteroatoms. The number of benzene rings is 1. The monoisotopic (exact) mass is 278 g/mol. The molecule has 0 aliphatic carbocycles. The van der Waals surface area contributed by atoms with Crippen molar-refractivity contribution in [3.05, 3.63) is 51.5 Å². The van der Waals surface area contributed by atoms with Gasteiger partial charge in [0.2, 0.25) is 4.77 Å². The third kappa shape index (κ3) is 3.15. The van der Waals surface area contributed by atoms with Crippen molar-refractivity contribution in [3.8, 4) is 0 Å². The number of hydrogen-bond donors (Lipinski definition) is 1. The molecule has 0 aliphatic heterocycles. The normalized spacial score (nSPS) is 12.2. The van der Waals surface area contributed by atoms with E-state index < -0.39 is 0 Å². The zero-order chi connectivity index (χ0) is 13.0. The van der Waals surface area contributed by atoms with E-state index in [1.165, 1.54) is 10.9 Å². The van der Waals surface area contributed by atoms with Crippen LogP contribution in [0.25, 0.3) is 6.08 Å². The van der Waals surface area contributed by atoms with Crippen LogP contribution in [0.5, 0.6) is 0 Å². The molecular formula is C12H11ClN4S. The Morgan fingerprint density at radius 1 is 1.44 bits per heavy atom. The maximum atomic E-state index is 6.07. The average molecular weight is 279 g/mol. The topological polar surface area (TPSA) is 46.0 Å². The summed E-state index contributed by atoms with van der Waals surface area (Å²) in [6, 6.07) is 9.77. The number of aryl methyl sites for hydroxylation is 1. The summed E-state index contributed by atoms with van der Waals surface area (Å²) in [6.07, 6.45) is 3.36. The molecule has 1 heterocycles. The van der Waals surface area contributed by atoms with Gasteiger partial charge in [-0.15, -0.1) is 0 Å². The second-order valence-electron chi connectivity index (χ2n) is 3.57. The number of H-pyrrole nitrogens is 1. The van der Waals surface area contributed by atoms with Gasteiger partial charge in [0.05, 0.1) is 11.2 Å². The van der Waals surface area contributed by atoms with E-state index in [2.05, 4.69) is 15.3 Å². The molecule has 2 rings (SSSR count). The summed E-state index contributed by atoms with van der Waals surface area (Å²) in [4.78, 5) is 0. The highest BCUT2D eigenvalue weighted by Gasteiger charge is 1.97. The first-order valence-electron chi connectivity index (χ1n) is 5.27. The minimum absolute atomic E-state index is 0.438. The van der Waals surface area contributed by atoms with Crippen LogP contribution in [-0.4, -0.2) is 21.1 Å². The standard InChI is InChI=1S/C12H11ClN4S/c1-9-15-16-12(18)17(9)14-8-11(13)7-10-5-3-2-4-6-10/h2-8H,1H3,(H,16,18)/b11-7-,14-8-. The molecule has 0 aliphatic rings. The van der Waals surface area contributed by atoms with Crippen LogP contribution in [0, 0.1) is 11.7 Å². The lowest BCUT2D eigenvalue weighted by Crippen LogP contribution is -1.92. The molecule has 0 saturated heterocycles. The van der Waals surface area contributed by atoms with Gasteiger partial charge in [0, 0.05) is 0 Å². The maximum absolute atomic E-state index is 6.07. The number of halogens is 1. The number of aromatic nitrogens is 3. The fraction of sp³-hybridized carbons (Fsp3) is 0.0833. The summed E-state index contributed by atoms with van der Waals surface area (Å²) in [5, 5.41) is 11.3. The van der Waals surface area contributed by atoms with Crippen LogP contribution in [0.3, 0.4) is 0 Å². The predicted molar refractivity (Wildman–Crippen MR) is 76.3 cm³/mol. The largest absolute Gasteiger partial charge is 0.250 e. The Morgan fingerprint density at radius 3 is 2.78 bits per heavy atom. The fourth-order valence-corrected chi connectivity index (χ4v) is 1.76. The number of nitrogens with zero attached hydrogens (tertiary/aromatic N) is 3. The molecule has 1 aromatic carbocycles. The Hall–Kier alpha value is -1.72. The van der Waals surface area contributed by atoms with Crippen LogP contribution < -0.4 is 0 Å². The number of hydrogen-bond acceptors (Lipinski definition) is 3. The average Bonchev–Trinajstić information content (AvgIpc) is 2.68. The molecule has 1 aromatic heterocycles. The summed E-state index contributed by atoms with van der Waals surface area (Å²) in [7, 11) is 0. The third-order valence-corrected chi connectivity index (χ3v) is 2.68. The van der Waals surface area contributed by atoms with Gasteiger partial charge in [-0.05, 0) is 30.8 Å². The predicted octanol–water partition coefficient (Wildman–Crippen LogP) is 3.36. The highest BCUT2D eigenvalue weighted by molar-refractivity contribution is 7.71. The second-order valence-corrected chi connectivity index (χ2v) is 4.40. The van der Waals surface area contributed by atoms with E-state index in [0.717, 1.165) is 5.56 Å². The van der Waals surface area contributed by atoms with Crippen molar-refractivity contribution in [3.63, 3.8) is 0 Å². The van der Waals surface area contributed by atoms with Crippen LogP contribution in [0.2, 0.25) is 0 Å². The first-order valence-corrected chi connectivity index (χ1v) is 6.06. The minimum Gasteiger partial charge on any atom is -0.250 e. The highest BCUT2D eigenvalue weighted by Crippen LogP contribution is 2.08. The lowest BCUT2D eigenvalue weighted by atomic mass is 10.2. The van der Waals surface area contributed by atoms with E-state index >= 15 is 0 Å². The third-order valence-electron chi connectivity index (χ3n) is 2.21. The summed E-state index contributed by atoms with van der Waals surface area (Å²) < 4.78 is 1.95. The van der Waals surface area contributed by atoms with Crippen molar-refractivity contribution in [2.24, 2.45) is 5.10 Å². The summed E-state index contributed by atoms with van der Waals surface area (Å²) >= 11 is 11.1. The van der Waals surface area contributed by atoms with Crippen LogP contribution in [0.15, 0.2) is 40.5 Å². The second kappa shape index (κ2) is 5.75. The van der Waals surface area contributed by atoms with Gasteiger partial charge < -0.3 is 0 Å². The number of rotatable bonds is 3. The first-order chi connectivity index (χ1) is 8.66. The molecule has 2 aromatic rings. The molecule has 1 N–H and O–H groups in total. The van der Waals surface area contributed by atoms with Gasteiger partial charge in [-0.2, -0.15) is 14.9 Å². The Balaban J connectivity index is 2.20. The van der Waals surface area contributed by atoms with E-state index in [1.807, 2.05) is 36.4 Å². The van der Waals surface area contributed by atoms with E-state index in [-0.39, 0.29) is 0 Å². The highest BCUT2D eigenvalue weighted by atomic mass is 35.5. The minimum atomic E-state index is 0.438. The van der Waals surface area contributed by atoms with Crippen LogP contribution in [-0.2, 0) is 0 Å². The number of nitrogens with one attached hydrogen (secondary N) is 1. The molecular weight excluding hydrogens is 268 g/mol. The Bertz CT molecular complexity index is 640. The van der Waals surface area contributed by atoms with Crippen LogP contribution in [0.4, 0.5) is 0 Å². The van der Waals surface area contributed by atoms with Gasteiger partial charge in [0.15, 0.2) is 0 Å². The van der Waals surface area contributed by atoms with Gasteiger partial charge in [-0.1, -0.05) is 41.9 Å². The van der Waals surface area contributed by atoms with Crippen molar-refractivity contribution in [2.45, 2.75) is 6.92 Å². The van der Waals surface area contributed by atoms with Crippen LogP contribution in [0.1, 0.15) is 11.4 Å². The Kier molecular flexibility index (Phi) is 4.07. The van der Waals surface area contributed by atoms with E-state index in [9.17, 15) is 0 Å². The zero-order valence-corrected chi connectivity index (χ0v) is 11.2. The Morgan fingerprint density at radius 2 is 2.17 bits per heavy atom. The van der Waals surface area contributed by atoms with Gasteiger partial charge in [-0.3, -0.25) is 5.10 Å². The first kappa shape index (κ1) is 12.7. The van der Waals surface area contributed by atoms with Crippen molar-refractivity contribution >= 4 is 36.1 Å². The smallest absolute Gasteiger partial charge is 0.216 e.